The molecule has 1 aromatic heterocycles. The smallest absolute Gasteiger partial charge is 0.336 e. The summed E-state index contributed by atoms with van der Waals surface area (Å²) < 4.78 is 28.9. The lowest BCUT2D eigenvalue weighted by Gasteiger charge is -2.10. The van der Waals surface area contributed by atoms with Crippen molar-refractivity contribution in [3.63, 3.8) is 0 Å². The minimum absolute atomic E-state index is 0.227. The zero-order valence-corrected chi connectivity index (χ0v) is 16.6. The summed E-state index contributed by atoms with van der Waals surface area (Å²) in [5.74, 6) is -3.77. The highest BCUT2D eigenvalue weighted by molar-refractivity contribution is 5.95. The summed E-state index contributed by atoms with van der Waals surface area (Å²) in [6.07, 6.45) is 0.549. The van der Waals surface area contributed by atoms with Gasteiger partial charge in [0.05, 0.1) is 12.1 Å². The molecule has 0 saturated heterocycles. The minimum atomic E-state index is -3.10. The van der Waals surface area contributed by atoms with Crippen molar-refractivity contribution in [3.8, 4) is 11.1 Å². The van der Waals surface area contributed by atoms with Gasteiger partial charge in [0.15, 0.2) is 0 Å². The number of halogens is 2. The molecule has 0 spiro atoms. The maximum absolute atomic E-state index is 13.7. The quantitative estimate of drug-likeness (QED) is 0.607. The number of hydrogen-bond donors (Lipinski definition) is 1. The van der Waals surface area contributed by atoms with Crippen molar-refractivity contribution in [2.45, 2.75) is 39.7 Å². The predicted molar refractivity (Wildman–Crippen MR) is 106 cm³/mol. The molecule has 0 bridgehead atoms. The molecule has 3 rings (SSSR count). The highest BCUT2D eigenvalue weighted by Crippen LogP contribution is 2.26. The Morgan fingerprint density at radius 3 is 2.38 bits per heavy atom. The third-order valence-corrected chi connectivity index (χ3v) is 4.49. The van der Waals surface area contributed by atoms with Crippen LogP contribution in [0.3, 0.4) is 0 Å². The maximum Gasteiger partial charge on any atom is 0.336 e. The third kappa shape index (κ3) is 4.85. The van der Waals surface area contributed by atoms with Gasteiger partial charge in [-0.05, 0) is 28.7 Å². The standard InChI is InChI=1S/C22H23F2N3O2/c1-14(2)12-19-25-21(22(3,23)24)26-27(19)13-15-8-10-16(11-9-15)17-6-4-5-7-18(17)20(28)29/h4-11,14H,12-13H2,1-3H3,(H,28,29). The summed E-state index contributed by atoms with van der Waals surface area (Å²) in [6.45, 7) is 5.10. The molecule has 7 heteroatoms. The van der Waals surface area contributed by atoms with Crippen molar-refractivity contribution in [2.24, 2.45) is 5.92 Å². The van der Waals surface area contributed by atoms with Crippen LogP contribution in [-0.4, -0.2) is 25.8 Å². The van der Waals surface area contributed by atoms with Gasteiger partial charge in [0.25, 0.3) is 0 Å². The van der Waals surface area contributed by atoms with Crippen LogP contribution in [0.4, 0.5) is 8.78 Å². The van der Waals surface area contributed by atoms with Crippen LogP contribution in [0.1, 0.15) is 48.3 Å². The largest absolute Gasteiger partial charge is 0.478 e. The average molecular weight is 399 g/mol. The van der Waals surface area contributed by atoms with E-state index in [2.05, 4.69) is 10.1 Å². The molecule has 0 aliphatic carbocycles. The van der Waals surface area contributed by atoms with E-state index in [0.717, 1.165) is 18.1 Å². The molecular formula is C22H23F2N3O2. The number of carbonyl (C=O) groups is 1. The number of hydrogen-bond acceptors (Lipinski definition) is 3. The second-order valence-electron chi connectivity index (χ2n) is 7.54. The number of nitrogens with zero attached hydrogens (tertiary/aromatic N) is 3. The van der Waals surface area contributed by atoms with Crippen molar-refractivity contribution >= 4 is 5.97 Å². The highest BCUT2D eigenvalue weighted by atomic mass is 19.3. The maximum atomic E-state index is 13.7. The van der Waals surface area contributed by atoms with Crippen LogP contribution in [0.15, 0.2) is 48.5 Å². The minimum Gasteiger partial charge on any atom is -0.478 e. The Morgan fingerprint density at radius 2 is 1.79 bits per heavy atom. The summed E-state index contributed by atoms with van der Waals surface area (Å²) in [5.41, 5.74) is 2.49. The number of aromatic carboxylic acids is 1. The number of carboxylic acids is 1. The van der Waals surface area contributed by atoms with E-state index in [9.17, 15) is 18.7 Å². The molecule has 0 unspecified atom stereocenters. The van der Waals surface area contributed by atoms with Crippen LogP contribution in [0, 0.1) is 5.92 Å². The van der Waals surface area contributed by atoms with E-state index in [1.807, 2.05) is 38.1 Å². The van der Waals surface area contributed by atoms with Crippen molar-refractivity contribution < 1.29 is 18.7 Å². The molecule has 1 N–H and O–H groups in total. The Hall–Kier alpha value is -3.09. The Kier molecular flexibility index (Phi) is 5.77. The molecule has 0 radical (unpaired) electrons. The molecule has 0 amide bonds. The van der Waals surface area contributed by atoms with Gasteiger partial charge >= 0.3 is 11.9 Å². The molecule has 29 heavy (non-hydrogen) atoms. The summed E-state index contributed by atoms with van der Waals surface area (Å²) >= 11 is 0. The molecule has 0 fully saturated rings. The van der Waals surface area contributed by atoms with E-state index in [1.54, 1.807) is 24.3 Å². The molecule has 0 atom stereocenters. The van der Waals surface area contributed by atoms with Gasteiger partial charge in [-0.3, -0.25) is 0 Å². The van der Waals surface area contributed by atoms with Crippen LogP contribution < -0.4 is 0 Å². The first kappa shape index (κ1) is 20.6. The van der Waals surface area contributed by atoms with Crippen molar-refractivity contribution in [1.82, 2.24) is 14.8 Å². The molecule has 0 aliphatic rings. The first-order valence-corrected chi connectivity index (χ1v) is 9.39. The van der Waals surface area contributed by atoms with Crippen LogP contribution in [-0.2, 0) is 18.9 Å². The van der Waals surface area contributed by atoms with Gasteiger partial charge < -0.3 is 5.11 Å². The summed E-state index contributed by atoms with van der Waals surface area (Å²) in [5, 5.41) is 13.4. The van der Waals surface area contributed by atoms with Crippen LogP contribution >= 0.6 is 0 Å². The van der Waals surface area contributed by atoms with E-state index < -0.39 is 17.7 Å². The monoisotopic (exact) mass is 399 g/mol. The van der Waals surface area contributed by atoms with Gasteiger partial charge in [-0.15, -0.1) is 5.10 Å². The normalized spacial score (nSPS) is 11.8. The van der Waals surface area contributed by atoms with Crippen molar-refractivity contribution in [2.75, 3.05) is 0 Å². The Bertz CT molecular complexity index is 1010. The summed E-state index contributed by atoms with van der Waals surface area (Å²) in [7, 11) is 0. The Morgan fingerprint density at radius 1 is 1.14 bits per heavy atom. The summed E-state index contributed by atoms with van der Waals surface area (Å²) in [4.78, 5) is 15.5. The molecule has 2 aromatic carbocycles. The molecule has 1 heterocycles. The van der Waals surface area contributed by atoms with Gasteiger partial charge in [-0.25, -0.2) is 14.5 Å². The predicted octanol–water partition coefficient (Wildman–Crippen LogP) is 5.00. The van der Waals surface area contributed by atoms with E-state index in [0.29, 0.717) is 24.4 Å². The average Bonchev–Trinajstić information content (AvgIpc) is 3.04. The Labute approximate surface area is 168 Å². The first-order chi connectivity index (χ1) is 13.6. The SMILES string of the molecule is CC(C)Cc1nc(C(C)(F)F)nn1Cc1ccc(-c2ccccc2C(=O)O)cc1. The number of rotatable bonds is 7. The van der Waals surface area contributed by atoms with E-state index in [-0.39, 0.29) is 11.5 Å². The highest BCUT2D eigenvalue weighted by Gasteiger charge is 2.31. The van der Waals surface area contributed by atoms with Crippen LogP contribution in [0.2, 0.25) is 0 Å². The summed E-state index contributed by atoms with van der Waals surface area (Å²) in [6, 6.07) is 14.1. The molecule has 5 nitrogen and oxygen atoms in total. The fourth-order valence-corrected chi connectivity index (χ4v) is 3.09. The van der Waals surface area contributed by atoms with Gasteiger partial charge in [0.2, 0.25) is 5.82 Å². The fourth-order valence-electron chi connectivity index (χ4n) is 3.09. The second-order valence-corrected chi connectivity index (χ2v) is 7.54. The molecular weight excluding hydrogens is 376 g/mol. The third-order valence-electron chi connectivity index (χ3n) is 4.49. The zero-order valence-electron chi connectivity index (χ0n) is 16.6. The lowest BCUT2D eigenvalue weighted by atomic mass is 9.99. The topological polar surface area (TPSA) is 68.0 Å². The van der Waals surface area contributed by atoms with Crippen LogP contribution in [0.5, 0.6) is 0 Å². The molecule has 0 aliphatic heterocycles. The fraction of sp³-hybridized carbons (Fsp3) is 0.318. The van der Waals surface area contributed by atoms with Crippen molar-refractivity contribution in [1.29, 1.82) is 0 Å². The number of benzene rings is 2. The Balaban J connectivity index is 1.89. The number of aromatic nitrogens is 3. The van der Waals surface area contributed by atoms with E-state index in [4.69, 9.17) is 0 Å². The number of carboxylic acid groups (broad SMARTS) is 1. The van der Waals surface area contributed by atoms with Crippen molar-refractivity contribution in [3.05, 3.63) is 71.3 Å². The number of alkyl halides is 2. The van der Waals surface area contributed by atoms with Crippen LogP contribution in [0.25, 0.3) is 11.1 Å². The molecule has 3 aromatic rings. The van der Waals surface area contributed by atoms with E-state index in [1.165, 1.54) is 4.68 Å². The van der Waals surface area contributed by atoms with Gasteiger partial charge in [0.1, 0.15) is 5.82 Å². The van der Waals surface area contributed by atoms with Gasteiger partial charge in [-0.1, -0.05) is 56.3 Å². The second kappa shape index (κ2) is 8.11. The lowest BCUT2D eigenvalue weighted by molar-refractivity contribution is 0.00754. The zero-order chi connectivity index (χ0) is 21.2. The first-order valence-electron chi connectivity index (χ1n) is 9.39. The molecule has 152 valence electrons. The molecule has 0 saturated carbocycles. The van der Waals surface area contributed by atoms with Gasteiger partial charge in [0, 0.05) is 13.3 Å². The van der Waals surface area contributed by atoms with Gasteiger partial charge in [-0.2, -0.15) is 8.78 Å². The lowest BCUT2D eigenvalue weighted by Crippen LogP contribution is -2.11. The van der Waals surface area contributed by atoms with E-state index >= 15 is 0 Å².